The molecule has 0 heterocycles. The van der Waals surface area contributed by atoms with Crippen LogP contribution in [0.2, 0.25) is 5.02 Å². The average molecular weight is 470 g/mol. The van der Waals surface area contributed by atoms with Crippen LogP contribution in [0.1, 0.15) is 22.8 Å². The smallest absolute Gasteiger partial charge is 0.271 e. The predicted molar refractivity (Wildman–Crippen MR) is 128 cm³/mol. The third-order valence-corrected chi connectivity index (χ3v) is 5.88. The van der Waals surface area contributed by atoms with E-state index in [4.69, 9.17) is 11.6 Å². The van der Waals surface area contributed by atoms with Gasteiger partial charge in [0.25, 0.3) is 11.6 Å². The number of carbonyl (C=O) groups excluding carboxylic acids is 2. The molecule has 1 atom stereocenters. The zero-order chi connectivity index (χ0) is 23.3. The normalized spacial score (nSPS) is 11.5. The van der Waals surface area contributed by atoms with Crippen LogP contribution in [-0.2, 0) is 4.79 Å². The SMILES string of the molecule is Cc1ccc([N+](=O)[O-])cc1NC(=O)C(C)Sc1cccc(NC(=O)c2cccc(Cl)c2)c1. The average Bonchev–Trinajstić information content (AvgIpc) is 2.75. The van der Waals surface area contributed by atoms with E-state index in [1.54, 1.807) is 62.4 Å². The van der Waals surface area contributed by atoms with Crippen molar-refractivity contribution in [3.8, 4) is 0 Å². The van der Waals surface area contributed by atoms with Crippen LogP contribution >= 0.6 is 23.4 Å². The number of anilines is 2. The quantitative estimate of drug-likeness (QED) is 0.254. The molecule has 1 unspecified atom stereocenters. The number of nitro benzene ring substituents is 1. The fraction of sp³-hybridized carbons (Fsp3) is 0.130. The molecule has 0 fully saturated rings. The molecule has 7 nitrogen and oxygen atoms in total. The summed E-state index contributed by atoms with van der Waals surface area (Å²) < 4.78 is 0. The van der Waals surface area contributed by atoms with Gasteiger partial charge in [0, 0.05) is 33.3 Å². The van der Waals surface area contributed by atoms with Crippen LogP contribution in [0.5, 0.6) is 0 Å². The number of carbonyl (C=O) groups is 2. The van der Waals surface area contributed by atoms with Crippen molar-refractivity contribution < 1.29 is 14.5 Å². The van der Waals surface area contributed by atoms with Gasteiger partial charge in [0.2, 0.25) is 5.91 Å². The highest BCUT2D eigenvalue weighted by Crippen LogP contribution is 2.28. The molecule has 32 heavy (non-hydrogen) atoms. The Kier molecular flexibility index (Phi) is 7.50. The lowest BCUT2D eigenvalue weighted by molar-refractivity contribution is -0.384. The molecule has 0 saturated carbocycles. The second-order valence-corrected chi connectivity index (χ2v) is 8.85. The summed E-state index contributed by atoms with van der Waals surface area (Å²) in [4.78, 5) is 36.3. The minimum absolute atomic E-state index is 0.0886. The molecule has 2 N–H and O–H groups in total. The maximum atomic E-state index is 12.6. The van der Waals surface area contributed by atoms with Gasteiger partial charge in [-0.3, -0.25) is 19.7 Å². The number of thioether (sulfide) groups is 1. The van der Waals surface area contributed by atoms with E-state index in [1.165, 1.54) is 23.9 Å². The van der Waals surface area contributed by atoms with Gasteiger partial charge >= 0.3 is 0 Å². The number of aryl methyl sites for hydroxylation is 1. The molecular weight excluding hydrogens is 450 g/mol. The number of hydrogen-bond donors (Lipinski definition) is 2. The monoisotopic (exact) mass is 469 g/mol. The van der Waals surface area contributed by atoms with Gasteiger partial charge in [0.05, 0.1) is 15.9 Å². The lowest BCUT2D eigenvalue weighted by atomic mass is 10.2. The molecule has 0 aliphatic heterocycles. The molecule has 0 radical (unpaired) electrons. The number of rotatable bonds is 7. The van der Waals surface area contributed by atoms with Crippen molar-refractivity contribution in [2.24, 2.45) is 0 Å². The van der Waals surface area contributed by atoms with Gasteiger partial charge in [-0.2, -0.15) is 0 Å². The summed E-state index contributed by atoms with van der Waals surface area (Å²) in [6, 6.07) is 18.1. The van der Waals surface area contributed by atoms with E-state index in [9.17, 15) is 19.7 Å². The van der Waals surface area contributed by atoms with Crippen LogP contribution in [0, 0.1) is 17.0 Å². The van der Waals surface area contributed by atoms with Gasteiger partial charge in [-0.15, -0.1) is 11.8 Å². The number of nitro groups is 1. The number of halogens is 1. The Morgan fingerprint density at radius 3 is 2.50 bits per heavy atom. The minimum Gasteiger partial charge on any atom is -0.325 e. The van der Waals surface area contributed by atoms with E-state index in [0.29, 0.717) is 22.0 Å². The third-order valence-electron chi connectivity index (χ3n) is 4.55. The molecular formula is C23H20ClN3O4S. The van der Waals surface area contributed by atoms with Crippen molar-refractivity contribution in [1.29, 1.82) is 0 Å². The molecule has 0 saturated heterocycles. The Morgan fingerprint density at radius 2 is 1.78 bits per heavy atom. The van der Waals surface area contributed by atoms with Crippen LogP contribution in [0.3, 0.4) is 0 Å². The zero-order valence-electron chi connectivity index (χ0n) is 17.3. The van der Waals surface area contributed by atoms with E-state index >= 15 is 0 Å². The van der Waals surface area contributed by atoms with Gasteiger partial charge in [-0.25, -0.2) is 0 Å². The summed E-state index contributed by atoms with van der Waals surface area (Å²) in [7, 11) is 0. The molecule has 0 aromatic heterocycles. The summed E-state index contributed by atoms with van der Waals surface area (Å²) in [5, 5.41) is 16.6. The summed E-state index contributed by atoms with van der Waals surface area (Å²) in [5.74, 6) is -0.575. The van der Waals surface area contributed by atoms with E-state index in [1.807, 2.05) is 6.07 Å². The maximum Gasteiger partial charge on any atom is 0.271 e. The Balaban J connectivity index is 1.66. The molecule has 2 amide bonds. The number of nitrogens with one attached hydrogen (secondary N) is 2. The number of nitrogens with zero attached hydrogens (tertiary/aromatic N) is 1. The van der Waals surface area contributed by atoms with Crippen LogP contribution in [0.25, 0.3) is 0 Å². The summed E-state index contributed by atoms with van der Waals surface area (Å²) >= 11 is 7.25. The minimum atomic E-state index is -0.504. The fourth-order valence-electron chi connectivity index (χ4n) is 2.83. The van der Waals surface area contributed by atoms with Crippen LogP contribution < -0.4 is 10.6 Å². The molecule has 3 rings (SSSR count). The molecule has 0 aliphatic rings. The number of benzene rings is 3. The van der Waals surface area contributed by atoms with E-state index < -0.39 is 10.2 Å². The number of amides is 2. The first-order valence-electron chi connectivity index (χ1n) is 9.62. The summed E-state index contributed by atoms with van der Waals surface area (Å²) in [6.07, 6.45) is 0. The molecule has 3 aromatic rings. The molecule has 0 bridgehead atoms. The topological polar surface area (TPSA) is 101 Å². The molecule has 3 aromatic carbocycles. The molecule has 9 heteroatoms. The number of non-ortho nitro benzene ring substituents is 1. The highest BCUT2D eigenvalue weighted by atomic mass is 35.5. The van der Waals surface area contributed by atoms with Gasteiger partial charge in [0.1, 0.15) is 0 Å². The van der Waals surface area contributed by atoms with Crippen molar-refractivity contribution in [2.75, 3.05) is 10.6 Å². The van der Waals surface area contributed by atoms with Crippen molar-refractivity contribution in [1.82, 2.24) is 0 Å². The van der Waals surface area contributed by atoms with Crippen LogP contribution in [0.4, 0.5) is 17.1 Å². The maximum absolute atomic E-state index is 12.6. The third kappa shape index (κ3) is 6.09. The van der Waals surface area contributed by atoms with Crippen molar-refractivity contribution in [3.63, 3.8) is 0 Å². The van der Waals surface area contributed by atoms with Crippen LogP contribution in [-0.4, -0.2) is 22.0 Å². The highest BCUT2D eigenvalue weighted by Gasteiger charge is 2.18. The predicted octanol–water partition coefficient (Wildman–Crippen LogP) is 5.93. The van der Waals surface area contributed by atoms with Crippen LogP contribution in [0.15, 0.2) is 71.6 Å². The zero-order valence-corrected chi connectivity index (χ0v) is 18.9. The van der Waals surface area contributed by atoms with E-state index in [2.05, 4.69) is 10.6 Å². The Morgan fingerprint density at radius 1 is 1.03 bits per heavy atom. The summed E-state index contributed by atoms with van der Waals surface area (Å²) in [6.45, 7) is 3.51. The molecule has 164 valence electrons. The lowest BCUT2D eigenvalue weighted by Crippen LogP contribution is -2.22. The van der Waals surface area contributed by atoms with Crippen molar-refractivity contribution in [2.45, 2.75) is 24.0 Å². The van der Waals surface area contributed by atoms with Gasteiger partial charge in [0.15, 0.2) is 0 Å². The molecule has 0 spiro atoms. The first-order valence-corrected chi connectivity index (χ1v) is 10.9. The second kappa shape index (κ2) is 10.3. The van der Waals surface area contributed by atoms with Crippen molar-refractivity contribution in [3.05, 3.63) is 93.0 Å². The van der Waals surface area contributed by atoms with Gasteiger partial charge in [-0.1, -0.05) is 29.8 Å². The second-order valence-electron chi connectivity index (χ2n) is 7.00. The Hall–Kier alpha value is -3.36. The van der Waals surface area contributed by atoms with Gasteiger partial charge in [-0.05, 0) is 55.8 Å². The van der Waals surface area contributed by atoms with Crippen molar-refractivity contribution >= 4 is 52.2 Å². The molecule has 0 aliphatic carbocycles. The standard InChI is InChI=1S/C23H20ClN3O4S/c1-14-9-10-19(27(30)31)13-21(14)26-22(28)15(2)32-20-8-4-7-18(12-20)25-23(29)16-5-3-6-17(24)11-16/h3-13,15H,1-2H3,(H,25,29)(H,26,28). The first kappa shape index (κ1) is 23.3. The largest absolute Gasteiger partial charge is 0.325 e. The van der Waals surface area contributed by atoms with Gasteiger partial charge < -0.3 is 10.6 Å². The highest BCUT2D eigenvalue weighted by molar-refractivity contribution is 8.00. The van der Waals surface area contributed by atoms with E-state index in [-0.39, 0.29) is 17.5 Å². The fourth-order valence-corrected chi connectivity index (χ4v) is 3.95. The first-order chi connectivity index (χ1) is 15.2. The van der Waals surface area contributed by atoms with E-state index in [0.717, 1.165) is 10.5 Å². The lowest BCUT2D eigenvalue weighted by Gasteiger charge is -2.14. The Bertz CT molecular complexity index is 1190. The number of hydrogen-bond acceptors (Lipinski definition) is 5. The Labute approximate surface area is 194 Å². The summed E-state index contributed by atoms with van der Waals surface area (Å²) in [5.41, 5.74) is 2.07.